The summed E-state index contributed by atoms with van der Waals surface area (Å²) in [6, 6.07) is 6.24. The fraction of sp³-hybridized carbons (Fsp3) is 0.353. The van der Waals surface area contributed by atoms with Gasteiger partial charge in [-0.3, -0.25) is 24.5 Å². The number of carboxylic acids is 1. The molecule has 0 saturated carbocycles. The first-order valence-electron chi connectivity index (χ1n) is 7.86. The number of nitrogens with zero attached hydrogens (tertiary/aromatic N) is 1. The number of rotatable bonds is 8. The van der Waals surface area contributed by atoms with E-state index in [1.807, 2.05) is 12.1 Å². The molecule has 25 heavy (non-hydrogen) atoms. The summed E-state index contributed by atoms with van der Waals surface area (Å²) in [5.41, 5.74) is 0.246. The van der Waals surface area contributed by atoms with Gasteiger partial charge >= 0.3 is 11.7 Å². The number of carbonyl (C=O) groups is 1. The molecule has 8 heteroatoms. The molecule has 1 aromatic heterocycles. The van der Waals surface area contributed by atoms with Crippen molar-refractivity contribution in [1.82, 2.24) is 14.9 Å². The number of aromatic nitrogens is 2. The number of aryl methyl sites for hydroxylation is 1. The monoisotopic (exact) mass is 347 g/mol. The minimum atomic E-state index is -1.08. The quantitative estimate of drug-likeness (QED) is 0.635. The first kappa shape index (κ1) is 18.5. The van der Waals surface area contributed by atoms with Crippen LogP contribution >= 0.6 is 0 Å². The van der Waals surface area contributed by atoms with Gasteiger partial charge in [0.25, 0.3) is 5.56 Å². The van der Waals surface area contributed by atoms with Gasteiger partial charge in [-0.2, -0.15) is 0 Å². The summed E-state index contributed by atoms with van der Waals surface area (Å²) >= 11 is 0. The lowest BCUT2D eigenvalue weighted by molar-refractivity contribution is -0.139. The zero-order valence-corrected chi connectivity index (χ0v) is 14.1. The number of benzene rings is 1. The molecule has 0 fully saturated rings. The maximum absolute atomic E-state index is 11.9. The number of carboxylic acid groups (broad SMARTS) is 1. The smallest absolute Gasteiger partial charge is 0.328 e. The predicted octanol–water partition coefficient (Wildman–Crippen LogP) is 0.351. The Morgan fingerprint density at radius 2 is 2.00 bits per heavy atom. The van der Waals surface area contributed by atoms with Crippen LogP contribution in [0.4, 0.5) is 0 Å². The Balaban J connectivity index is 2.12. The minimum Gasteiger partial charge on any atom is -0.497 e. The molecule has 0 spiro atoms. The zero-order valence-electron chi connectivity index (χ0n) is 14.1. The van der Waals surface area contributed by atoms with E-state index >= 15 is 0 Å². The van der Waals surface area contributed by atoms with E-state index in [0.717, 1.165) is 5.56 Å². The number of hydrogen-bond acceptors (Lipinski definition) is 5. The number of hydrogen-bond donors (Lipinski definition) is 3. The number of aliphatic carboxylic acids is 1. The van der Waals surface area contributed by atoms with Crippen LogP contribution in [0, 0.1) is 0 Å². The highest BCUT2D eigenvalue weighted by Crippen LogP contribution is 2.11. The summed E-state index contributed by atoms with van der Waals surface area (Å²) in [6.07, 6.45) is 1.86. The number of methoxy groups -OCH3 is 1. The lowest BCUT2D eigenvalue weighted by Gasteiger charge is -2.16. The molecule has 1 heterocycles. The van der Waals surface area contributed by atoms with Gasteiger partial charge in [-0.1, -0.05) is 19.1 Å². The Morgan fingerprint density at radius 3 is 2.56 bits per heavy atom. The van der Waals surface area contributed by atoms with E-state index < -0.39 is 23.3 Å². The van der Waals surface area contributed by atoms with E-state index in [9.17, 15) is 19.5 Å². The zero-order chi connectivity index (χ0) is 18.4. The second-order valence-corrected chi connectivity index (χ2v) is 5.54. The van der Waals surface area contributed by atoms with Crippen LogP contribution in [0.2, 0.25) is 0 Å². The van der Waals surface area contributed by atoms with Gasteiger partial charge in [0.05, 0.1) is 13.7 Å². The Morgan fingerprint density at radius 1 is 1.32 bits per heavy atom. The lowest BCUT2D eigenvalue weighted by atomic mass is 10.2. The highest BCUT2D eigenvalue weighted by Gasteiger charge is 2.18. The second-order valence-electron chi connectivity index (χ2n) is 5.54. The normalized spacial score (nSPS) is 11.9. The van der Waals surface area contributed by atoms with Crippen LogP contribution in [0.3, 0.4) is 0 Å². The van der Waals surface area contributed by atoms with Crippen LogP contribution in [0.25, 0.3) is 0 Å². The number of ether oxygens (including phenoxy) is 1. The van der Waals surface area contributed by atoms with Crippen molar-refractivity contribution in [3.63, 3.8) is 0 Å². The summed E-state index contributed by atoms with van der Waals surface area (Å²) in [6.45, 7) is 2.02. The average molecular weight is 347 g/mol. The Kier molecular flexibility index (Phi) is 6.13. The van der Waals surface area contributed by atoms with Crippen LogP contribution in [0.5, 0.6) is 5.75 Å². The van der Waals surface area contributed by atoms with Crippen molar-refractivity contribution < 1.29 is 14.6 Å². The molecular formula is C17H21N3O5. The fourth-order valence-corrected chi connectivity index (χ4v) is 2.35. The maximum Gasteiger partial charge on any atom is 0.328 e. The summed E-state index contributed by atoms with van der Waals surface area (Å²) in [4.78, 5) is 37.2. The first-order chi connectivity index (χ1) is 11.9. The molecule has 2 rings (SSSR count). The Labute approximate surface area is 144 Å². The van der Waals surface area contributed by atoms with Crippen LogP contribution in [0.1, 0.15) is 18.1 Å². The molecule has 0 aliphatic carbocycles. The number of aromatic amines is 1. The molecule has 0 bridgehead atoms. The largest absolute Gasteiger partial charge is 0.497 e. The SMILES string of the molecule is CCc1cn(C[C@H](NCc2ccc(OC)cc2)C(=O)O)c(=O)[nH]c1=O. The third kappa shape index (κ3) is 4.80. The van der Waals surface area contributed by atoms with Gasteiger partial charge in [0.1, 0.15) is 11.8 Å². The van der Waals surface area contributed by atoms with Crippen molar-refractivity contribution in [2.75, 3.05) is 7.11 Å². The third-order valence-electron chi connectivity index (χ3n) is 3.85. The summed E-state index contributed by atoms with van der Waals surface area (Å²) < 4.78 is 6.28. The fourth-order valence-electron chi connectivity index (χ4n) is 2.35. The molecule has 2 aromatic rings. The van der Waals surface area contributed by atoms with Gasteiger partial charge in [0.15, 0.2) is 0 Å². The van der Waals surface area contributed by atoms with Gasteiger partial charge in [0.2, 0.25) is 0 Å². The standard InChI is InChI=1S/C17H21N3O5/c1-3-12-9-20(17(24)19-15(12)21)10-14(16(22)23)18-8-11-4-6-13(25-2)7-5-11/h4-7,9,14,18H,3,8,10H2,1-2H3,(H,22,23)(H,19,21,24)/t14-/m0/s1. The molecule has 1 atom stereocenters. The molecule has 134 valence electrons. The van der Waals surface area contributed by atoms with E-state index in [2.05, 4.69) is 10.3 Å². The molecule has 3 N–H and O–H groups in total. The van der Waals surface area contributed by atoms with Crippen molar-refractivity contribution in [2.24, 2.45) is 0 Å². The van der Waals surface area contributed by atoms with Gasteiger partial charge in [-0.05, 0) is 24.1 Å². The predicted molar refractivity (Wildman–Crippen MR) is 92.0 cm³/mol. The highest BCUT2D eigenvalue weighted by atomic mass is 16.5. The van der Waals surface area contributed by atoms with Crippen molar-refractivity contribution in [1.29, 1.82) is 0 Å². The summed E-state index contributed by atoms with van der Waals surface area (Å²) in [7, 11) is 1.57. The topological polar surface area (TPSA) is 113 Å². The molecule has 0 aliphatic heterocycles. The average Bonchev–Trinajstić information content (AvgIpc) is 2.60. The third-order valence-corrected chi connectivity index (χ3v) is 3.85. The maximum atomic E-state index is 11.9. The molecule has 0 radical (unpaired) electrons. The molecule has 0 amide bonds. The molecule has 8 nitrogen and oxygen atoms in total. The van der Waals surface area contributed by atoms with Gasteiger partial charge in [-0.15, -0.1) is 0 Å². The highest BCUT2D eigenvalue weighted by molar-refractivity contribution is 5.73. The summed E-state index contributed by atoms with van der Waals surface area (Å²) in [5, 5.41) is 12.3. The second kappa shape index (κ2) is 8.29. The molecule has 1 aromatic carbocycles. The first-order valence-corrected chi connectivity index (χ1v) is 7.86. The van der Waals surface area contributed by atoms with E-state index in [4.69, 9.17) is 4.74 Å². The van der Waals surface area contributed by atoms with Crippen LogP contribution in [-0.2, 0) is 24.3 Å². The molecule has 0 aliphatic rings. The van der Waals surface area contributed by atoms with Crippen LogP contribution in [0.15, 0.2) is 40.1 Å². The minimum absolute atomic E-state index is 0.0892. The van der Waals surface area contributed by atoms with Gasteiger partial charge in [-0.25, -0.2) is 4.79 Å². The van der Waals surface area contributed by atoms with Crippen molar-refractivity contribution in [2.45, 2.75) is 32.5 Å². The lowest BCUT2D eigenvalue weighted by Crippen LogP contribution is -2.43. The van der Waals surface area contributed by atoms with Crippen molar-refractivity contribution >= 4 is 5.97 Å². The number of nitrogens with one attached hydrogen (secondary N) is 2. The van der Waals surface area contributed by atoms with Crippen molar-refractivity contribution in [3.05, 3.63) is 62.4 Å². The van der Waals surface area contributed by atoms with Crippen molar-refractivity contribution in [3.8, 4) is 5.75 Å². The summed E-state index contributed by atoms with van der Waals surface area (Å²) in [5.74, 6) is -0.366. The van der Waals surface area contributed by atoms with Crippen LogP contribution < -0.4 is 21.3 Å². The van der Waals surface area contributed by atoms with E-state index in [0.29, 0.717) is 24.3 Å². The van der Waals surface area contributed by atoms with E-state index in [1.165, 1.54) is 10.8 Å². The Hall–Kier alpha value is -2.87. The van der Waals surface area contributed by atoms with E-state index in [-0.39, 0.29) is 6.54 Å². The van der Waals surface area contributed by atoms with Gasteiger partial charge < -0.3 is 9.84 Å². The molecular weight excluding hydrogens is 326 g/mol. The molecule has 0 saturated heterocycles. The van der Waals surface area contributed by atoms with Gasteiger partial charge in [0, 0.05) is 18.3 Å². The number of H-pyrrole nitrogens is 1. The van der Waals surface area contributed by atoms with E-state index in [1.54, 1.807) is 26.2 Å². The Bertz CT molecular complexity index is 839. The molecule has 0 unspecified atom stereocenters. The van der Waals surface area contributed by atoms with Crippen LogP contribution in [-0.4, -0.2) is 33.8 Å².